The Balaban J connectivity index is 0. The molecule has 0 aliphatic rings. The van der Waals surface area contributed by atoms with Gasteiger partial charge in [0.2, 0.25) is 0 Å². The normalized spacial score (nSPS) is 10.3. The smallest absolute Gasteiger partial charge is 0.342 e. The van der Waals surface area contributed by atoms with Gasteiger partial charge in [0, 0.05) is 23.5 Å². The topological polar surface area (TPSA) is 83.8 Å². The molecule has 0 heterocycles. The second kappa shape index (κ2) is 27.9. The number of carboxylic acids is 1. The first-order valence-electron chi connectivity index (χ1n) is 11.3. The molecule has 0 aliphatic heterocycles. The molecule has 0 radical (unpaired) electrons. The van der Waals surface area contributed by atoms with E-state index >= 15 is 0 Å². The van der Waals surface area contributed by atoms with Crippen molar-refractivity contribution in [2.45, 2.75) is 116 Å². The van der Waals surface area contributed by atoms with Crippen molar-refractivity contribution in [3.8, 4) is 0 Å². The average Bonchev–Trinajstić information content (AvgIpc) is 2.71. The molecule has 7 heteroatoms. The van der Waals surface area contributed by atoms with Crippen LogP contribution in [0.15, 0.2) is 0 Å². The molecule has 29 heavy (non-hydrogen) atoms. The van der Waals surface area contributed by atoms with E-state index in [1.54, 1.807) is 0 Å². The van der Waals surface area contributed by atoms with Gasteiger partial charge < -0.3 is 9.99 Å². The number of rotatable bonds is 20. The summed E-state index contributed by atoms with van der Waals surface area (Å²) in [6.07, 6.45) is 19.7. The molecule has 0 unspecified atom stereocenters. The molecule has 0 fully saturated rings. The van der Waals surface area contributed by atoms with Crippen LogP contribution < -0.4 is 0 Å². The fourth-order valence-corrected chi connectivity index (χ4v) is 3.69. The number of carbonyl (C=O) groups excluding carboxylic acids is 1. The molecule has 174 valence electrons. The second-order valence-corrected chi connectivity index (χ2v) is 8.98. The predicted molar refractivity (Wildman–Crippen MR) is 127 cm³/mol. The van der Waals surface area contributed by atoms with Crippen molar-refractivity contribution in [3.05, 3.63) is 0 Å². The van der Waals surface area contributed by atoms with Gasteiger partial charge in [-0.3, -0.25) is 4.79 Å². The van der Waals surface area contributed by atoms with Crippen LogP contribution in [0.25, 0.3) is 0 Å². The Hall–Kier alpha value is -0.140. The van der Waals surface area contributed by atoms with E-state index in [2.05, 4.69) is 36.7 Å². The van der Waals surface area contributed by atoms with Crippen molar-refractivity contribution < 1.29 is 24.8 Å². The standard InChI is InChI=1S/C11H21BrO3.C11H21BrO2/c12-10-8-6-4-2-1-3-5-7-9-11(13)15-14;12-10-8-6-4-2-1-3-5-7-9-11(13)14/h14H,1-10H2;1-10H2,(H,13,14). The average molecular weight is 546 g/mol. The lowest BCUT2D eigenvalue weighted by atomic mass is 10.1. The molecule has 0 amide bonds. The number of carboxylic acid groups (broad SMARTS) is 1. The summed E-state index contributed by atoms with van der Waals surface area (Å²) in [4.78, 5) is 24.3. The van der Waals surface area contributed by atoms with Crippen LogP contribution >= 0.6 is 31.9 Å². The van der Waals surface area contributed by atoms with Gasteiger partial charge in [-0.15, -0.1) is 0 Å². The maximum atomic E-state index is 10.5. The maximum absolute atomic E-state index is 10.5. The maximum Gasteiger partial charge on any atom is 0.342 e. The van der Waals surface area contributed by atoms with Crippen LogP contribution in [0.3, 0.4) is 0 Å². The van der Waals surface area contributed by atoms with Gasteiger partial charge in [0.15, 0.2) is 0 Å². The molecule has 2 N–H and O–H groups in total. The van der Waals surface area contributed by atoms with Crippen LogP contribution in [-0.2, 0) is 14.5 Å². The fraction of sp³-hybridized carbons (Fsp3) is 0.909. The van der Waals surface area contributed by atoms with Gasteiger partial charge in [0.1, 0.15) is 0 Å². The van der Waals surface area contributed by atoms with Gasteiger partial charge >= 0.3 is 11.9 Å². The molecule has 0 bridgehead atoms. The molecular weight excluding hydrogens is 504 g/mol. The number of halogens is 2. The lowest BCUT2D eigenvalue weighted by molar-refractivity contribution is -0.234. The van der Waals surface area contributed by atoms with Crippen molar-refractivity contribution >= 4 is 43.8 Å². The van der Waals surface area contributed by atoms with Gasteiger partial charge in [-0.25, -0.2) is 4.79 Å². The second-order valence-electron chi connectivity index (χ2n) is 7.39. The van der Waals surface area contributed by atoms with Gasteiger partial charge in [0.05, 0.1) is 0 Å². The molecule has 0 rings (SSSR count). The molecule has 0 aromatic heterocycles. The van der Waals surface area contributed by atoms with E-state index in [0.717, 1.165) is 36.3 Å². The van der Waals surface area contributed by atoms with E-state index in [-0.39, 0.29) is 0 Å². The minimum absolute atomic E-state index is 0.333. The van der Waals surface area contributed by atoms with E-state index in [0.29, 0.717) is 12.8 Å². The quantitative estimate of drug-likeness (QED) is 0.0703. The predicted octanol–water partition coefficient (Wildman–Crippen LogP) is 7.89. The first-order chi connectivity index (χ1) is 14.1. The number of hydrogen-bond acceptors (Lipinski definition) is 4. The minimum Gasteiger partial charge on any atom is -0.481 e. The van der Waals surface area contributed by atoms with Gasteiger partial charge in [-0.1, -0.05) is 109 Å². The van der Waals surface area contributed by atoms with Crippen molar-refractivity contribution in [2.75, 3.05) is 10.7 Å². The Labute approximate surface area is 194 Å². The third-order valence-corrected chi connectivity index (χ3v) is 5.76. The van der Waals surface area contributed by atoms with Crippen molar-refractivity contribution in [3.63, 3.8) is 0 Å². The lowest BCUT2D eigenvalue weighted by Gasteiger charge is -2.00. The Kier molecular flexibility index (Phi) is 29.8. The van der Waals surface area contributed by atoms with Crippen molar-refractivity contribution in [2.24, 2.45) is 0 Å². The zero-order valence-corrected chi connectivity index (χ0v) is 21.2. The largest absolute Gasteiger partial charge is 0.481 e. The number of carbonyl (C=O) groups is 2. The first-order valence-corrected chi connectivity index (χ1v) is 13.5. The van der Waals surface area contributed by atoms with Crippen LogP contribution in [0.4, 0.5) is 0 Å². The Bertz CT molecular complexity index is 354. The van der Waals surface area contributed by atoms with Crippen LogP contribution in [-0.4, -0.2) is 33.0 Å². The summed E-state index contributed by atoms with van der Waals surface area (Å²) in [7, 11) is 0. The highest BCUT2D eigenvalue weighted by Gasteiger charge is 2.00. The first kappa shape index (κ1) is 31.0. The number of aliphatic carboxylic acids is 1. The molecule has 0 aromatic carbocycles. The van der Waals surface area contributed by atoms with Crippen LogP contribution in [0.5, 0.6) is 0 Å². The summed E-state index contributed by atoms with van der Waals surface area (Å²) >= 11 is 6.82. The van der Waals surface area contributed by atoms with Crippen LogP contribution in [0.1, 0.15) is 116 Å². The highest BCUT2D eigenvalue weighted by atomic mass is 79.9. The summed E-state index contributed by atoms with van der Waals surface area (Å²) in [6.45, 7) is 0. The van der Waals surface area contributed by atoms with Crippen LogP contribution in [0.2, 0.25) is 0 Å². The van der Waals surface area contributed by atoms with Crippen molar-refractivity contribution in [1.82, 2.24) is 0 Å². The fourth-order valence-electron chi connectivity index (χ4n) is 2.90. The molecule has 0 saturated heterocycles. The van der Waals surface area contributed by atoms with E-state index in [1.807, 2.05) is 0 Å². The minimum atomic E-state index is -0.665. The third kappa shape index (κ3) is 32.7. The Morgan fingerprint density at radius 1 is 0.552 bits per heavy atom. The van der Waals surface area contributed by atoms with E-state index in [4.69, 9.17) is 10.4 Å². The molecule has 0 aliphatic carbocycles. The van der Waals surface area contributed by atoms with Gasteiger partial charge in [0.25, 0.3) is 0 Å². The van der Waals surface area contributed by atoms with Crippen LogP contribution in [0, 0.1) is 0 Å². The summed E-state index contributed by atoms with van der Waals surface area (Å²) in [5, 5.41) is 18.6. The van der Waals surface area contributed by atoms with Gasteiger partial charge in [-0.2, -0.15) is 5.26 Å². The SMILES string of the molecule is O=C(CCCCCCCCCCBr)OO.O=C(O)CCCCCCCCCCBr. The zero-order valence-electron chi connectivity index (χ0n) is 18.0. The molecule has 0 atom stereocenters. The zero-order chi connectivity index (χ0) is 22.0. The van der Waals surface area contributed by atoms with Gasteiger partial charge in [-0.05, 0) is 25.7 Å². The molecule has 0 aromatic rings. The number of unbranched alkanes of at least 4 members (excludes halogenated alkanes) is 14. The van der Waals surface area contributed by atoms with E-state index in [1.165, 1.54) is 77.0 Å². The molecule has 0 spiro atoms. The summed E-state index contributed by atoms with van der Waals surface area (Å²) in [5.74, 6) is -1.19. The number of alkyl halides is 2. The van der Waals surface area contributed by atoms with Crippen molar-refractivity contribution in [1.29, 1.82) is 0 Å². The number of hydrogen-bond donors (Lipinski definition) is 2. The van der Waals surface area contributed by atoms with E-state index in [9.17, 15) is 9.59 Å². The third-order valence-electron chi connectivity index (χ3n) is 4.64. The Morgan fingerprint density at radius 3 is 1.17 bits per heavy atom. The Morgan fingerprint density at radius 2 is 0.862 bits per heavy atom. The highest BCUT2D eigenvalue weighted by Crippen LogP contribution is 2.11. The lowest BCUT2D eigenvalue weighted by Crippen LogP contribution is -1.99. The monoisotopic (exact) mass is 544 g/mol. The summed E-state index contributed by atoms with van der Waals surface area (Å²) in [5.41, 5.74) is 0. The molecule has 0 saturated carbocycles. The molecule has 5 nitrogen and oxygen atoms in total. The highest BCUT2D eigenvalue weighted by molar-refractivity contribution is 9.09. The van der Waals surface area contributed by atoms with E-state index < -0.39 is 11.9 Å². The molecular formula is C22H42Br2O5. The summed E-state index contributed by atoms with van der Waals surface area (Å²) < 4.78 is 0. The summed E-state index contributed by atoms with van der Waals surface area (Å²) in [6, 6.07) is 0.